The molecule has 1 atom stereocenters. The smallest absolute Gasteiger partial charge is 0.119 e. The van der Waals surface area contributed by atoms with Crippen LogP contribution in [-0.2, 0) is 6.42 Å². The lowest BCUT2D eigenvalue weighted by Crippen LogP contribution is -2.31. The van der Waals surface area contributed by atoms with Gasteiger partial charge in [0.2, 0.25) is 0 Å². The van der Waals surface area contributed by atoms with Crippen molar-refractivity contribution >= 4 is 0 Å². The molecule has 0 heterocycles. The van der Waals surface area contributed by atoms with Crippen LogP contribution < -0.4 is 5.32 Å². The van der Waals surface area contributed by atoms with Crippen molar-refractivity contribution < 1.29 is 5.11 Å². The Kier molecular flexibility index (Phi) is 5.09. The van der Waals surface area contributed by atoms with Gasteiger partial charge in [0.25, 0.3) is 0 Å². The maximum Gasteiger partial charge on any atom is 0.119 e. The molecule has 2 heteroatoms. The van der Waals surface area contributed by atoms with E-state index in [1.807, 2.05) is 6.07 Å². The lowest BCUT2D eigenvalue weighted by atomic mass is 9.86. The standard InChI is InChI=1S/C18H29NO/c1-4-5-6-12-18(2,3)13-19-16-11-10-15-14(16)8-7-9-17(15)20/h7-9,16,19-20H,4-6,10-13H2,1-3H3. The number of unbranched alkanes of at least 4 members (excludes halogenated alkanes) is 2. The third kappa shape index (κ3) is 3.76. The van der Waals surface area contributed by atoms with E-state index in [4.69, 9.17) is 0 Å². The molecule has 112 valence electrons. The Morgan fingerprint density at radius 1 is 1.30 bits per heavy atom. The number of aromatic hydroxyl groups is 1. The molecule has 0 fully saturated rings. The molecular formula is C18H29NO. The van der Waals surface area contributed by atoms with E-state index < -0.39 is 0 Å². The minimum Gasteiger partial charge on any atom is -0.508 e. The molecule has 0 bridgehead atoms. The van der Waals surface area contributed by atoms with Crippen molar-refractivity contribution in [1.29, 1.82) is 0 Å². The van der Waals surface area contributed by atoms with E-state index in [-0.39, 0.29) is 0 Å². The Bertz CT molecular complexity index is 439. The molecule has 0 amide bonds. The van der Waals surface area contributed by atoms with Gasteiger partial charge in [-0.2, -0.15) is 0 Å². The first kappa shape index (κ1) is 15.4. The molecule has 0 saturated carbocycles. The summed E-state index contributed by atoms with van der Waals surface area (Å²) in [5.74, 6) is 0.467. The van der Waals surface area contributed by atoms with Crippen LogP contribution in [0.15, 0.2) is 18.2 Å². The molecule has 1 aromatic rings. The molecule has 1 aliphatic carbocycles. The summed E-state index contributed by atoms with van der Waals surface area (Å²) in [6.45, 7) is 8.02. The van der Waals surface area contributed by atoms with Crippen LogP contribution in [-0.4, -0.2) is 11.7 Å². The molecule has 0 saturated heterocycles. The average Bonchev–Trinajstić information content (AvgIpc) is 2.81. The van der Waals surface area contributed by atoms with Gasteiger partial charge in [0.05, 0.1) is 0 Å². The lowest BCUT2D eigenvalue weighted by molar-refractivity contribution is 0.287. The predicted molar refractivity (Wildman–Crippen MR) is 85.1 cm³/mol. The fourth-order valence-electron chi connectivity index (χ4n) is 3.19. The third-order valence-electron chi connectivity index (χ3n) is 4.53. The second-order valence-corrected chi connectivity index (χ2v) is 6.94. The maximum atomic E-state index is 9.89. The highest BCUT2D eigenvalue weighted by Gasteiger charge is 2.26. The Morgan fingerprint density at radius 3 is 2.85 bits per heavy atom. The highest BCUT2D eigenvalue weighted by molar-refractivity contribution is 5.44. The largest absolute Gasteiger partial charge is 0.508 e. The normalized spacial score (nSPS) is 18.2. The summed E-state index contributed by atoms with van der Waals surface area (Å²) in [4.78, 5) is 0. The van der Waals surface area contributed by atoms with Crippen LogP contribution in [0.5, 0.6) is 5.75 Å². The zero-order valence-electron chi connectivity index (χ0n) is 13.2. The molecule has 0 aromatic heterocycles. The van der Waals surface area contributed by atoms with Gasteiger partial charge in [-0.1, -0.05) is 52.2 Å². The first-order chi connectivity index (χ1) is 9.53. The molecule has 1 unspecified atom stereocenters. The molecule has 2 nitrogen and oxygen atoms in total. The maximum absolute atomic E-state index is 9.89. The summed E-state index contributed by atoms with van der Waals surface area (Å²) in [5, 5.41) is 13.6. The van der Waals surface area contributed by atoms with Crippen LogP contribution in [0.25, 0.3) is 0 Å². The first-order valence-corrected chi connectivity index (χ1v) is 8.07. The van der Waals surface area contributed by atoms with E-state index in [1.54, 1.807) is 6.07 Å². The Hall–Kier alpha value is -1.02. The van der Waals surface area contributed by atoms with Gasteiger partial charge in [0.15, 0.2) is 0 Å². The monoisotopic (exact) mass is 275 g/mol. The van der Waals surface area contributed by atoms with E-state index in [9.17, 15) is 5.11 Å². The van der Waals surface area contributed by atoms with E-state index in [2.05, 4.69) is 32.2 Å². The van der Waals surface area contributed by atoms with E-state index >= 15 is 0 Å². The van der Waals surface area contributed by atoms with Gasteiger partial charge in [-0.3, -0.25) is 0 Å². The minimum absolute atomic E-state index is 0.356. The van der Waals surface area contributed by atoms with Crippen LogP contribution in [0, 0.1) is 5.41 Å². The van der Waals surface area contributed by atoms with E-state index in [0.717, 1.165) is 24.9 Å². The number of nitrogens with one attached hydrogen (secondary N) is 1. The second-order valence-electron chi connectivity index (χ2n) is 6.94. The van der Waals surface area contributed by atoms with Crippen LogP contribution in [0.4, 0.5) is 0 Å². The van der Waals surface area contributed by atoms with E-state index in [0.29, 0.717) is 17.2 Å². The zero-order valence-corrected chi connectivity index (χ0v) is 13.2. The fourth-order valence-corrected chi connectivity index (χ4v) is 3.19. The lowest BCUT2D eigenvalue weighted by Gasteiger charge is -2.27. The summed E-state index contributed by atoms with van der Waals surface area (Å²) in [6.07, 6.45) is 7.34. The van der Waals surface area contributed by atoms with Crippen LogP contribution >= 0.6 is 0 Å². The second kappa shape index (κ2) is 6.62. The highest BCUT2D eigenvalue weighted by atomic mass is 16.3. The molecule has 2 N–H and O–H groups in total. The minimum atomic E-state index is 0.356. The zero-order chi connectivity index (χ0) is 14.6. The first-order valence-electron chi connectivity index (χ1n) is 8.07. The molecule has 1 aromatic carbocycles. The number of phenols is 1. The summed E-state index contributed by atoms with van der Waals surface area (Å²) < 4.78 is 0. The van der Waals surface area contributed by atoms with Gasteiger partial charge in [0, 0.05) is 12.6 Å². The molecule has 1 aliphatic rings. The molecule has 2 rings (SSSR count). The van der Waals surface area contributed by atoms with E-state index in [1.165, 1.54) is 31.2 Å². The number of rotatable bonds is 7. The topological polar surface area (TPSA) is 32.3 Å². The predicted octanol–water partition coefficient (Wildman–Crippen LogP) is 4.58. The van der Waals surface area contributed by atoms with Crippen LogP contribution in [0.3, 0.4) is 0 Å². The van der Waals surface area contributed by atoms with Gasteiger partial charge in [-0.15, -0.1) is 0 Å². The van der Waals surface area contributed by atoms with Crippen molar-refractivity contribution in [2.24, 2.45) is 5.41 Å². The molecule has 0 aliphatic heterocycles. The van der Waals surface area contributed by atoms with Crippen molar-refractivity contribution in [3.63, 3.8) is 0 Å². The summed E-state index contributed by atoms with van der Waals surface area (Å²) in [7, 11) is 0. The van der Waals surface area contributed by atoms with Gasteiger partial charge in [-0.25, -0.2) is 0 Å². The number of benzene rings is 1. The van der Waals surface area contributed by atoms with Crippen LogP contribution in [0.2, 0.25) is 0 Å². The van der Waals surface area contributed by atoms with Crippen molar-refractivity contribution in [3.8, 4) is 5.75 Å². The number of hydrogen-bond donors (Lipinski definition) is 2. The molecule has 0 radical (unpaired) electrons. The van der Waals surface area contributed by atoms with Gasteiger partial charge < -0.3 is 10.4 Å². The van der Waals surface area contributed by atoms with Crippen molar-refractivity contribution in [2.75, 3.05) is 6.54 Å². The molecule has 20 heavy (non-hydrogen) atoms. The Balaban J connectivity index is 1.88. The quantitative estimate of drug-likeness (QED) is 0.714. The van der Waals surface area contributed by atoms with Crippen molar-refractivity contribution in [3.05, 3.63) is 29.3 Å². The van der Waals surface area contributed by atoms with Gasteiger partial charge in [-0.05, 0) is 41.9 Å². The van der Waals surface area contributed by atoms with Crippen molar-refractivity contribution in [2.45, 2.75) is 65.3 Å². The van der Waals surface area contributed by atoms with Gasteiger partial charge in [0.1, 0.15) is 5.75 Å². The summed E-state index contributed by atoms with van der Waals surface area (Å²) in [5.41, 5.74) is 2.80. The summed E-state index contributed by atoms with van der Waals surface area (Å²) >= 11 is 0. The SMILES string of the molecule is CCCCCC(C)(C)CNC1CCc2c(O)cccc21. The van der Waals surface area contributed by atoms with Crippen molar-refractivity contribution in [1.82, 2.24) is 5.32 Å². The van der Waals surface area contributed by atoms with Crippen LogP contribution in [0.1, 0.15) is 70.0 Å². The summed E-state index contributed by atoms with van der Waals surface area (Å²) in [6, 6.07) is 6.34. The number of hydrogen-bond acceptors (Lipinski definition) is 2. The number of fused-ring (bicyclic) bond motifs is 1. The Labute approximate surface area is 123 Å². The number of phenolic OH excluding ortho intramolecular Hbond substituents is 1. The molecular weight excluding hydrogens is 246 g/mol. The average molecular weight is 275 g/mol. The fraction of sp³-hybridized carbons (Fsp3) is 0.667. The highest BCUT2D eigenvalue weighted by Crippen LogP contribution is 2.36. The Morgan fingerprint density at radius 2 is 2.10 bits per heavy atom. The van der Waals surface area contributed by atoms with Gasteiger partial charge >= 0.3 is 0 Å². The third-order valence-corrected chi connectivity index (χ3v) is 4.53. The molecule has 0 spiro atoms.